The van der Waals surface area contributed by atoms with E-state index in [1.54, 1.807) is 18.2 Å². The Bertz CT molecular complexity index is 959. The lowest BCUT2D eigenvalue weighted by molar-refractivity contribution is -0.137. The molecular weight excluding hydrogens is 381 g/mol. The first kappa shape index (κ1) is 19.1. The van der Waals surface area contributed by atoms with Crippen LogP contribution >= 0.6 is 11.3 Å². The van der Waals surface area contributed by atoms with Crippen molar-refractivity contribution in [3.8, 4) is 11.1 Å². The first-order valence-corrected chi connectivity index (χ1v) is 8.65. The fourth-order valence-corrected chi connectivity index (χ4v) is 3.22. The van der Waals surface area contributed by atoms with Gasteiger partial charge in [-0.25, -0.2) is 9.78 Å². The molecule has 142 valence electrons. The topological polar surface area (TPSA) is 76.1 Å². The summed E-state index contributed by atoms with van der Waals surface area (Å²) in [7, 11) is 1.53. The molecule has 2 amide bonds. The Morgan fingerprint density at radius 3 is 2.78 bits per heavy atom. The van der Waals surface area contributed by atoms with Gasteiger partial charge < -0.3 is 10.1 Å². The van der Waals surface area contributed by atoms with Crippen LogP contribution in [0.3, 0.4) is 0 Å². The third-order valence-corrected chi connectivity index (χ3v) is 4.53. The molecule has 1 aromatic carbocycles. The predicted octanol–water partition coefficient (Wildman–Crippen LogP) is 4.15. The molecule has 0 fully saturated rings. The highest BCUT2D eigenvalue weighted by atomic mass is 32.1. The van der Waals surface area contributed by atoms with Crippen LogP contribution in [-0.2, 0) is 10.9 Å². The van der Waals surface area contributed by atoms with Crippen molar-refractivity contribution < 1.29 is 22.7 Å². The van der Waals surface area contributed by atoms with Gasteiger partial charge in [0.25, 0.3) is 0 Å². The van der Waals surface area contributed by atoms with Crippen LogP contribution in [-0.4, -0.2) is 36.3 Å². The molecule has 2 aromatic heterocycles. The van der Waals surface area contributed by atoms with Crippen LogP contribution in [0, 0.1) is 0 Å². The van der Waals surface area contributed by atoms with E-state index in [-0.39, 0.29) is 0 Å². The zero-order chi connectivity index (χ0) is 19.4. The van der Waals surface area contributed by atoms with E-state index in [1.165, 1.54) is 24.6 Å². The highest BCUT2D eigenvalue weighted by Gasteiger charge is 2.31. The van der Waals surface area contributed by atoms with Crippen LogP contribution in [0.25, 0.3) is 21.3 Å². The minimum Gasteiger partial charge on any atom is -0.383 e. The Kier molecular flexibility index (Phi) is 5.57. The van der Waals surface area contributed by atoms with Gasteiger partial charge in [0, 0.05) is 31.6 Å². The number of anilines is 1. The molecule has 0 unspecified atom stereocenters. The molecule has 0 bridgehead atoms. The van der Waals surface area contributed by atoms with Crippen molar-refractivity contribution in [2.45, 2.75) is 6.18 Å². The molecule has 3 rings (SSSR count). The predicted molar refractivity (Wildman–Crippen MR) is 96.8 cm³/mol. The number of hydrogen-bond acceptors (Lipinski definition) is 5. The number of nitrogens with zero attached hydrogens (tertiary/aromatic N) is 2. The number of carbonyl (C=O) groups is 1. The molecule has 0 spiro atoms. The molecule has 3 aromatic rings. The second-order valence-corrected chi connectivity index (χ2v) is 6.57. The Morgan fingerprint density at radius 2 is 2.04 bits per heavy atom. The van der Waals surface area contributed by atoms with Gasteiger partial charge in [0.1, 0.15) is 0 Å². The molecule has 0 atom stereocenters. The van der Waals surface area contributed by atoms with Crippen LogP contribution in [0.2, 0.25) is 0 Å². The number of carbonyl (C=O) groups excluding carboxylic acids is 1. The van der Waals surface area contributed by atoms with Gasteiger partial charge in [0.15, 0.2) is 5.13 Å². The Hall–Kier alpha value is -2.72. The molecule has 0 saturated heterocycles. The zero-order valence-electron chi connectivity index (χ0n) is 14.1. The molecule has 0 radical (unpaired) electrons. The number of rotatable bonds is 5. The molecule has 0 aliphatic rings. The van der Waals surface area contributed by atoms with Crippen molar-refractivity contribution in [2.75, 3.05) is 25.6 Å². The minimum atomic E-state index is -4.45. The SMILES string of the molecule is COCCNC(=O)Nc1nc2ccc(-c3cncc(C(F)(F)F)c3)cc2s1. The molecule has 10 heteroatoms. The third-order valence-electron chi connectivity index (χ3n) is 3.60. The van der Waals surface area contributed by atoms with Gasteiger partial charge >= 0.3 is 12.2 Å². The monoisotopic (exact) mass is 396 g/mol. The fraction of sp³-hybridized carbons (Fsp3) is 0.235. The molecule has 0 saturated carbocycles. The van der Waals surface area contributed by atoms with Gasteiger partial charge in [-0.05, 0) is 23.8 Å². The number of urea groups is 1. The fourth-order valence-electron chi connectivity index (χ4n) is 2.32. The van der Waals surface area contributed by atoms with Gasteiger partial charge in [-0.1, -0.05) is 17.4 Å². The number of nitrogens with one attached hydrogen (secondary N) is 2. The lowest BCUT2D eigenvalue weighted by Crippen LogP contribution is -2.31. The highest BCUT2D eigenvalue weighted by molar-refractivity contribution is 7.22. The second-order valence-electron chi connectivity index (χ2n) is 5.54. The number of benzene rings is 1. The summed E-state index contributed by atoms with van der Waals surface area (Å²) in [6.45, 7) is 0.752. The number of methoxy groups -OCH3 is 1. The normalized spacial score (nSPS) is 11.6. The lowest BCUT2D eigenvalue weighted by atomic mass is 10.1. The maximum Gasteiger partial charge on any atom is 0.417 e. The second kappa shape index (κ2) is 7.89. The Balaban J connectivity index is 1.81. The smallest absolute Gasteiger partial charge is 0.383 e. The van der Waals surface area contributed by atoms with Crippen molar-refractivity contribution in [3.63, 3.8) is 0 Å². The van der Waals surface area contributed by atoms with Gasteiger partial charge in [-0.3, -0.25) is 10.3 Å². The van der Waals surface area contributed by atoms with Crippen LogP contribution in [0.5, 0.6) is 0 Å². The molecule has 2 heterocycles. The van der Waals surface area contributed by atoms with Gasteiger partial charge in [-0.2, -0.15) is 13.2 Å². The Labute approximate surface area is 156 Å². The number of hydrogen-bond donors (Lipinski definition) is 2. The van der Waals surface area contributed by atoms with E-state index >= 15 is 0 Å². The largest absolute Gasteiger partial charge is 0.417 e. The number of thiazole rings is 1. The zero-order valence-corrected chi connectivity index (χ0v) is 14.9. The van der Waals surface area contributed by atoms with Crippen molar-refractivity contribution in [3.05, 3.63) is 42.2 Å². The first-order valence-electron chi connectivity index (χ1n) is 7.84. The van der Waals surface area contributed by atoms with Crippen LogP contribution in [0.15, 0.2) is 36.7 Å². The van der Waals surface area contributed by atoms with Gasteiger partial charge in [-0.15, -0.1) is 0 Å². The van der Waals surface area contributed by atoms with E-state index in [0.717, 1.165) is 17.0 Å². The quantitative estimate of drug-likeness (QED) is 0.636. The summed E-state index contributed by atoms with van der Waals surface area (Å²) in [4.78, 5) is 19.7. The first-order chi connectivity index (χ1) is 12.9. The number of alkyl halides is 3. The third kappa shape index (κ3) is 4.72. The van der Waals surface area contributed by atoms with Crippen molar-refractivity contribution in [1.82, 2.24) is 15.3 Å². The van der Waals surface area contributed by atoms with E-state index < -0.39 is 17.8 Å². The highest BCUT2D eigenvalue weighted by Crippen LogP contribution is 2.33. The van der Waals surface area contributed by atoms with E-state index in [2.05, 4.69) is 20.6 Å². The summed E-state index contributed by atoms with van der Waals surface area (Å²) in [5, 5.41) is 5.62. The summed E-state index contributed by atoms with van der Waals surface area (Å²) in [6.07, 6.45) is -2.29. The van der Waals surface area contributed by atoms with E-state index in [1.807, 2.05) is 0 Å². The molecule has 27 heavy (non-hydrogen) atoms. The number of aromatic nitrogens is 2. The molecule has 0 aliphatic heterocycles. The number of pyridine rings is 1. The van der Waals surface area contributed by atoms with Gasteiger partial charge in [0.2, 0.25) is 0 Å². The summed E-state index contributed by atoms with van der Waals surface area (Å²) in [5.74, 6) is 0. The molecular formula is C17H15F3N4O2S. The maximum absolute atomic E-state index is 12.9. The number of ether oxygens (including phenoxy) is 1. The van der Waals surface area contributed by atoms with Crippen molar-refractivity contribution >= 4 is 32.7 Å². The molecule has 0 aliphatic carbocycles. The number of halogens is 3. The molecule has 2 N–H and O–H groups in total. The van der Waals surface area contributed by atoms with Crippen molar-refractivity contribution in [1.29, 1.82) is 0 Å². The maximum atomic E-state index is 12.9. The van der Waals surface area contributed by atoms with Crippen LogP contribution in [0.4, 0.5) is 23.1 Å². The molecule has 6 nitrogen and oxygen atoms in total. The lowest BCUT2D eigenvalue weighted by Gasteiger charge is -2.08. The number of fused-ring (bicyclic) bond motifs is 1. The van der Waals surface area contributed by atoms with Gasteiger partial charge in [0.05, 0.1) is 22.4 Å². The summed E-state index contributed by atoms with van der Waals surface area (Å²) in [5.41, 5.74) is 0.767. The van der Waals surface area contributed by atoms with Crippen molar-refractivity contribution in [2.24, 2.45) is 0 Å². The summed E-state index contributed by atoms with van der Waals surface area (Å²) in [6, 6.07) is 5.72. The van der Waals surface area contributed by atoms with Crippen LogP contribution in [0.1, 0.15) is 5.56 Å². The van der Waals surface area contributed by atoms with Crippen LogP contribution < -0.4 is 10.6 Å². The average Bonchev–Trinajstić information content (AvgIpc) is 3.02. The average molecular weight is 396 g/mol. The standard InChI is InChI=1S/C17H15F3N4O2S/c1-26-5-4-22-15(25)24-16-23-13-3-2-10(7-14(13)27-16)11-6-12(9-21-8-11)17(18,19)20/h2-3,6-9H,4-5H2,1H3,(H2,22,23,24,25). The summed E-state index contributed by atoms with van der Waals surface area (Å²) >= 11 is 1.23. The van der Waals surface area contributed by atoms with E-state index in [0.29, 0.717) is 34.9 Å². The van der Waals surface area contributed by atoms with E-state index in [4.69, 9.17) is 4.74 Å². The van der Waals surface area contributed by atoms with E-state index in [9.17, 15) is 18.0 Å². The Morgan fingerprint density at radius 1 is 1.22 bits per heavy atom. The summed E-state index contributed by atoms with van der Waals surface area (Å²) < 4.78 is 44.2. The number of amides is 2. The minimum absolute atomic E-state index is 0.354.